The lowest BCUT2D eigenvalue weighted by Gasteiger charge is -2.34. The van der Waals surface area contributed by atoms with Crippen LogP contribution in [0.15, 0.2) is 108 Å². The van der Waals surface area contributed by atoms with Gasteiger partial charge in [0.15, 0.2) is 0 Å². The molecule has 0 saturated heterocycles. The number of benzene rings is 4. The van der Waals surface area contributed by atoms with E-state index in [0.29, 0.717) is 28.0 Å². The second-order valence-corrected chi connectivity index (χ2v) is 13.6. The van der Waals surface area contributed by atoms with Gasteiger partial charge in [-0.2, -0.15) is 0 Å². The Bertz CT molecular complexity index is 1720. The van der Waals surface area contributed by atoms with Crippen molar-refractivity contribution in [1.29, 1.82) is 0 Å². The molecule has 4 aromatic rings. The van der Waals surface area contributed by atoms with Gasteiger partial charge in [-0.05, 0) is 92.6 Å². The predicted octanol–water partition coefficient (Wildman–Crippen LogP) is 6.75. The summed E-state index contributed by atoms with van der Waals surface area (Å²) in [5, 5.41) is 3.78. The largest absolute Gasteiger partial charge is 0.494 e. The van der Waals surface area contributed by atoms with E-state index in [1.807, 2.05) is 51.1 Å². The molecule has 0 saturated carbocycles. The van der Waals surface area contributed by atoms with Gasteiger partial charge in [-0.25, -0.2) is 8.42 Å². The zero-order valence-corrected chi connectivity index (χ0v) is 28.2. The van der Waals surface area contributed by atoms with Gasteiger partial charge < -0.3 is 15.0 Å². The molecule has 1 atom stereocenters. The van der Waals surface area contributed by atoms with Crippen molar-refractivity contribution in [3.8, 4) is 5.75 Å². The van der Waals surface area contributed by atoms with Crippen LogP contribution >= 0.6 is 23.2 Å². The molecule has 11 heteroatoms. The van der Waals surface area contributed by atoms with Crippen LogP contribution in [0.1, 0.15) is 31.9 Å². The molecule has 4 aromatic carbocycles. The summed E-state index contributed by atoms with van der Waals surface area (Å²) >= 11 is 12.4. The monoisotopic (exact) mass is 681 g/mol. The highest BCUT2D eigenvalue weighted by molar-refractivity contribution is 7.92. The van der Waals surface area contributed by atoms with Crippen LogP contribution in [-0.2, 0) is 32.6 Å². The maximum Gasteiger partial charge on any atom is 0.264 e. The number of nitrogens with zero attached hydrogens (tertiary/aromatic N) is 2. The summed E-state index contributed by atoms with van der Waals surface area (Å²) in [7, 11) is -4.26. The molecule has 46 heavy (non-hydrogen) atoms. The first-order chi connectivity index (χ1) is 22.0. The Kier molecular flexibility index (Phi) is 12.1. The third kappa shape index (κ3) is 9.25. The predicted molar refractivity (Wildman–Crippen MR) is 183 cm³/mol. The summed E-state index contributed by atoms with van der Waals surface area (Å²) in [6.45, 7) is 5.39. The lowest BCUT2D eigenvalue weighted by atomic mass is 10.0. The lowest BCUT2D eigenvalue weighted by Crippen LogP contribution is -2.54. The number of rotatable bonds is 14. The molecule has 0 bridgehead atoms. The quantitative estimate of drug-likeness (QED) is 0.159. The summed E-state index contributed by atoms with van der Waals surface area (Å²) in [5.74, 6) is -0.383. The number of nitrogens with one attached hydrogen (secondary N) is 1. The van der Waals surface area contributed by atoms with Gasteiger partial charge in [0.1, 0.15) is 18.3 Å². The van der Waals surface area contributed by atoms with E-state index in [9.17, 15) is 18.0 Å². The second-order valence-electron chi connectivity index (χ2n) is 10.9. The van der Waals surface area contributed by atoms with E-state index in [1.54, 1.807) is 48.5 Å². The van der Waals surface area contributed by atoms with Crippen molar-refractivity contribution in [3.05, 3.63) is 124 Å². The smallest absolute Gasteiger partial charge is 0.264 e. The molecule has 0 aliphatic carbocycles. The van der Waals surface area contributed by atoms with Gasteiger partial charge in [0, 0.05) is 29.1 Å². The van der Waals surface area contributed by atoms with Crippen molar-refractivity contribution in [1.82, 2.24) is 10.2 Å². The van der Waals surface area contributed by atoms with E-state index >= 15 is 0 Å². The molecule has 1 unspecified atom stereocenters. The molecule has 0 aliphatic rings. The third-order valence-corrected chi connectivity index (χ3v) is 9.34. The number of ether oxygens (including phenoxy) is 1. The first kappa shape index (κ1) is 34.8. The van der Waals surface area contributed by atoms with Crippen molar-refractivity contribution in [2.75, 3.05) is 17.5 Å². The molecule has 1 N–H and O–H groups in total. The number of amides is 2. The van der Waals surface area contributed by atoms with Gasteiger partial charge in [-0.15, -0.1) is 0 Å². The van der Waals surface area contributed by atoms with Crippen molar-refractivity contribution in [3.63, 3.8) is 0 Å². The molecular formula is C35H37Cl2N3O5S. The first-order valence-corrected chi connectivity index (χ1v) is 17.1. The molecule has 4 rings (SSSR count). The molecule has 0 fully saturated rings. The van der Waals surface area contributed by atoms with Crippen LogP contribution < -0.4 is 14.4 Å². The van der Waals surface area contributed by atoms with Crippen molar-refractivity contribution in [2.24, 2.45) is 0 Å². The molecule has 0 spiro atoms. The highest BCUT2D eigenvalue weighted by atomic mass is 35.5. The van der Waals surface area contributed by atoms with Gasteiger partial charge in [0.25, 0.3) is 10.0 Å². The number of carbonyl (C=O) groups is 2. The Labute approximate surface area is 280 Å². The van der Waals surface area contributed by atoms with Gasteiger partial charge in [-0.1, -0.05) is 65.7 Å². The molecule has 242 valence electrons. The number of hydrogen-bond donors (Lipinski definition) is 1. The highest BCUT2D eigenvalue weighted by Crippen LogP contribution is 2.28. The van der Waals surface area contributed by atoms with Gasteiger partial charge >= 0.3 is 0 Å². The maximum atomic E-state index is 14.5. The summed E-state index contributed by atoms with van der Waals surface area (Å²) in [5.41, 5.74) is 1.78. The normalized spacial score (nSPS) is 12.0. The molecular weight excluding hydrogens is 645 g/mol. The Hall–Kier alpha value is -4.05. The van der Waals surface area contributed by atoms with Gasteiger partial charge in [-0.3, -0.25) is 13.9 Å². The van der Waals surface area contributed by atoms with Crippen LogP contribution in [0.4, 0.5) is 5.69 Å². The number of anilines is 1. The van der Waals surface area contributed by atoms with Crippen molar-refractivity contribution >= 4 is 50.7 Å². The highest BCUT2D eigenvalue weighted by Gasteiger charge is 2.35. The van der Waals surface area contributed by atoms with E-state index in [1.165, 1.54) is 29.2 Å². The minimum atomic E-state index is -4.26. The average molecular weight is 683 g/mol. The summed E-state index contributed by atoms with van der Waals surface area (Å²) in [6.07, 6.45) is 0.207. The Balaban J connectivity index is 1.80. The summed E-state index contributed by atoms with van der Waals surface area (Å²) in [6, 6.07) is 27.4. The van der Waals surface area contributed by atoms with E-state index in [2.05, 4.69) is 5.32 Å². The molecule has 8 nitrogen and oxygen atoms in total. The van der Waals surface area contributed by atoms with E-state index in [4.69, 9.17) is 27.9 Å². The molecule has 0 aliphatic heterocycles. The van der Waals surface area contributed by atoms with Crippen molar-refractivity contribution < 1.29 is 22.7 Å². The number of carbonyl (C=O) groups excluding carboxylic acids is 2. The van der Waals surface area contributed by atoms with Gasteiger partial charge in [0.05, 0.1) is 17.2 Å². The number of sulfonamides is 1. The molecule has 0 radical (unpaired) electrons. The average Bonchev–Trinajstić information content (AvgIpc) is 3.02. The van der Waals surface area contributed by atoms with Crippen LogP contribution in [-0.4, -0.2) is 50.4 Å². The number of hydrogen-bond acceptors (Lipinski definition) is 5. The fourth-order valence-electron chi connectivity index (χ4n) is 4.90. The second kappa shape index (κ2) is 16.0. The molecule has 0 aromatic heterocycles. The fourth-order valence-corrected chi connectivity index (χ4v) is 6.66. The zero-order valence-electron chi connectivity index (χ0n) is 25.9. The fraction of sp³-hybridized carbons (Fsp3) is 0.257. The first-order valence-electron chi connectivity index (χ1n) is 14.9. The topological polar surface area (TPSA) is 96.0 Å². The van der Waals surface area contributed by atoms with Crippen LogP contribution in [0.5, 0.6) is 5.75 Å². The third-order valence-electron chi connectivity index (χ3n) is 7.06. The molecule has 0 heterocycles. The van der Waals surface area contributed by atoms with E-state index in [0.717, 1.165) is 9.87 Å². The standard InChI is InChI=1S/C35H37Cl2N3O5S/c1-4-45-31-17-15-30(16-18-31)40(46(43,44)32-19-13-28(36)14-20-32)24-34(41)39(23-27-11-8-12-29(37)21-27)33(35(42)38-25(2)3)22-26-9-6-5-7-10-26/h5-21,25,33H,4,22-24H2,1-3H3,(H,38,42). The van der Waals surface area contributed by atoms with E-state index < -0.39 is 28.5 Å². The minimum absolute atomic E-state index is 0.0144. The maximum absolute atomic E-state index is 14.5. The summed E-state index contributed by atoms with van der Waals surface area (Å²) in [4.78, 5) is 29.7. The lowest BCUT2D eigenvalue weighted by molar-refractivity contribution is -0.140. The Morgan fingerprint density at radius 2 is 1.48 bits per heavy atom. The SMILES string of the molecule is CCOc1ccc(N(CC(=O)N(Cc2cccc(Cl)c2)C(Cc2ccccc2)C(=O)NC(C)C)S(=O)(=O)c2ccc(Cl)cc2)cc1. The minimum Gasteiger partial charge on any atom is -0.494 e. The van der Waals surface area contributed by atoms with E-state index in [-0.39, 0.29) is 35.5 Å². The van der Waals surface area contributed by atoms with Crippen molar-refractivity contribution in [2.45, 2.75) is 50.7 Å². The van der Waals surface area contributed by atoms with Gasteiger partial charge in [0.2, 0.25) is 11.8 Å². The Morgan fingerprint density at radius 1 is 0.826 bits per heavy atom. The van der Waals surface area contributed by atoms with Crippen LogP contribution in [0.25, 0.3) is 0 Å². The Morgan fingerprint density at radius 3 is 2.09 bits per heavy atom. The number of halogens is 2. The zero-order chi connectivity index (χ0) is 33.3. The molecule has 2 amide bonds. The van der Waals surface area contributed by atoms with Crippen LogP contribution in [0.3, 0.4) is 0 Å². The van der Waals surface area contributed by atoms with Crippen LogP contribution in [0.2, 0.25) is 10.0 Å². The summed E-state index contributed by atoms with van der Waals surface area (Å²) < 4.78 is 34.9. The van der Waals surface area contributed by atoms with Crippen LogP contribution in [0, 0.1) is 0 Å².